The van der Waals surface area contributed by atoms with Crippen molar-refractivity contribution in [2.24, 2.45) is 5.92 Å². The first-order valence-electron chi connectivity index (χ1n) is 7.50. The molecule has 0 aromatic heterocycles. The number of benzene rings is 1. The average molecular weight is 291 g/mol. The minimum Gasteiger partial charge on any atom is -0.493 e. The van der Waals surface area contributed by atoms with E-state index in [1.807, 2.05) is 18.2 Å². The molecular formula is C17H25NO3. The predicted octanol–water partition coefficient (Wildman–Crippen LogP) is 2.94. The lowest BCUT2D eigenvalue weighted by Gasteiger charge is -2.32. The maximum Gasteiger partial charge on any atom is 0.220 e. The average Bonchev–Trinajstić information content (AvgIpc) is 2.78. The van der Waals surface area contributed by atoms with Crippen LogP contribution in [0.15, 0.2) is 18.2 Å². The highest BCUT2D eigenvalue weighted by Crippen LogP contribution is 2.37. The van der Waals surface area contributed by atoms with Crippen LogP contribution in [0.25, 0.3) is 0 Å². The van der Waals surface area contributed by atoms with Crippen LogP contribution in [-0.4, -0.2) is 25.7 Å². The van der Waals surface area contributed by atoms with Crippen LogP contribution >= 0.6 is 0 Å². The molecule has 1 aliphatic rings. The Balaban J connectivity index is 2.31. The summed E-state index contributed by atoms with van der Waals surface area (Å²) in [6.45, 7) is 4.38. The number of methoxy groups -OCH3 is 2. The summed E-state index contributed by atoms with van der Waals surface area (Å²) in [6.07, 6.45) is 3.24. The number of carbonyl (C=O) groups excluding carboxylic acids is 1. The van der Waals surface area contributed by atoms with Gasteiger partial charge in [0, 0.05) is 17.5 Å². The third-order valence-electron chi connectivity index (χ3n) is 4.05. The van der Waals surface area contributed by atoms with E-state index >= 15 is 0 Å². The zero-order valence-corrected chi connectivity index (χ0v) is 13.4. The number of amides is 1. The molecule has 0 radical (unpaired) electrons. The van der Waals surface area contributed by atoms with Crippen LogP contribution in [0.3, 0.4) is 0 Å². The van der Waals surface area contributed by atoms with Crippen molar-refractivity contribution in [3.63, 3.8) is 0 Å². The number of rotatable bonds is 6. The minimum atomic E-state index is -0.162. The third kappa shape index (κ3) is 3.49. The molecule has 4 nitrogen and oxygen atoms in total. The van der Waals surface area contributed by atoms with Crippen LogP contribution in [0.2, 0.25) is 0 Å². The Hall–Kier alpha value is -1.71. The molecule has 0 saturated carbocycles. The quantitative estimate of drug-likeness (QED) is 0.876. The van der Waals surface area contributed by atoms with E-state index in [4.69, 9.17) is 9.47 Å². The van der Waals surface area contributed by atoms with Gasteiger partial charge in [0.25, 0.3) is 0 Å². The summed E-state index contributed by atoms with van der Waals surface area (Å²) in [5.74, 6) is 2.18. The maximum atomic E-state index is 11.7. The number of carbonyl (C=O) groups is 1. The molecule has 4 heteroatoms. The van der Waals surface area contributed by atoms with Gasteiger partial charge in [0.05, 0.1) is 14.2 Å². The van der Waals surface area contributed by atoms with Crippen molar-refractivity contribution in [2.45, 2.75) is 45.1 Å². The van der Waals surface area contributed by atoms with Crippen molar-refractivity contribution in [1.82, 2.24) is 5.32 Å². The van der Waals surface area contributed by atoms with Crippen molar-refractivity contribution in [3.05, 3.63) is 23.8 Å². The van der Waals surface area contributed by atoms with Crippen molar-refractivity contribution >= 4 is 5.91 Å². The summed E-state index contributed by atoms with van der Waals surface area (Å²) in [6, 6.07) is 5.91. The van der Waals surface area contributed by atoms with Gasteiger partial charge in [0.1, 0.15) is 0 Å². The van der Waals surface area contributed by atoms with Crippen LogP contribution in [0, 0.1) is 5.92 Å². The molecule has 1 amide bonds. The van der Waals surface area contributed by atoms with E-state index < -0.39 is 0 Å². The molecule has 1 unspecified atom stereocenters. The van der Waals surface area contributed by atoms with E-state index in [2.05, 4.69) is 19.2 Å². The number of hydrogen-bond donors (Lipinski definition) is 1. The summed E-state index contributed by atoms with van der Waals surface area (Å²) in [5.41, 5.74) is 0.921. The summed E-state index contributed by atoms with van der Waals surface area (Å²) in [5, 5.41) is 3.20. The molecular weight excluding hydrogens is 266 g/mol. The Kier molecular flexibility index (Phi) is 4.76. The van der Waals surface area contributed by atoms with Crippen LogP contribution in [0.5, 0.6) is 11.5 Å². The van der Waals surface area contributed by atoms with Gasteiger partial charge in [0.15, 0.2) is 11.5 Å². The fraction of sp³-hybridized carbons (Fsp3) is 0.588. The molecule has 1 heterocycles. The molecule has 2 rings (SSSR count). The Morgan fingerprint density at radius 2 is 2.05 bits per heavy atom. The van der Waals surface area contributed by atoms with E-state index in [9.17, 15) is 4.79 Å². The van der Waals surface area contributed by atoms with Crippen LogP contribution in [0.4, 0.5) is 0 Å². The maximum absolute atomic E-state index is 11.7. The van der Waals surface area contributed by atoms with Gasteiger partial charge < -0.3 is 14.8 Å². The molecule has 0 aliphatic carbocycles. The Morgan fingerprint density at radius 3 is 2.57 bits per heavy atom. The largest absolute Gasteiger partial charge is 0.493 e. The molecule has 1 saturated heterocycles. The van der Waals surface area contributed by atoms with Crippen molar-refractivity contribution in [2.75, 3.05) is 14.2 Å². The number of ether oxygens (including phenoxy) is 2. The smallest absolute Gasteiger partial charge is 0.220 e. The molecule has 1 aliphatic heterocycles. The van der Waals surface area contributed by atoms with Gasteiger partial charge >= 0.3 is 0 Å². The van der Waals surface area contributed by atoms with Crippen molar-refractivity contribution in [1.29, 1.82) is 0 Å². The van der Waals surface area contributed by atoms with Gasteiger partial charge in [-0.25, -0.2) is 0 Å². The standard InChI is InChI=1S/C17H25NO3/c1-12(2)10-17(9-8-15(19)18-17)11-13-6-5-7-14(20-3)16(13)21-4/h5-7,12H,8-11H2,1-4H3,(H,18,19). The lowest BCUT2D eigenvalue weighted by atomic mass is 9.82. The second-order valence-electron chi connectivity index (χ2n) is 6.26. The molecule has 1 atom stereocenters. The Bertz CT molecular complexity index is 513. The highest BCUT2D eigenvalue weighted by atomic mass is 16.5. The Labute approximate surface area is 126 Å². The van der Waals surface area contributed by atoms with Gasteiger partial charge in [-0.05, 0) is 31.2 Å². The predicted molar refractivity (Wildman–Crippen MR) is 82.8 cm³/mol. The first kappa shape index (κ1) is 15.7. The van der Waals surface area contributed by atoms with E-state index in [1.165, 1.54) is 0 Å². The van der Waals surface area contributed by atoms with Gasteiger partial charge in [-0.2, -0.15) is 0 Å². The van der Waals surface area contributed by atoms with Crippen LogP contribution in [0.1, 0.15) is 38.7 Å². The van der Waals surface area contributed by atoms with Gasteiger partial charge in [-0.1, -0.05) is 26.0 Å². The third-order valence-corrected chi connectivity index (χ3v) is 4.05. The van der Waals surface area contributed by atoms with Crippen molar-refractivity contribution in [3.8, 4) is 11.5 Å². The first-order chi connectivity index (χ1) is 9.99. The molecule has 1 N–H and O–H groups in total. The summed E-state index contributed by atoms with van der Waals surface area (Å²) < 4.78 is 10.9. The number of hydrogen-bond acceptors (Lipinski definition) is 3. The summed E-state index contributed by atoms with van der Waals surface area (Å²) in [7, 11) is 3.30. The minimum absolute atomic E-state index is 0.150. The molecule has 0 bridgehead atoms. The summed E-state index contributed by atoms with van der Waals surface area (Å²) in [4.78, 5) is 11.7. The van der Waals surface area contributed by atoms with Crippen LogP contribution < -0.4 is 14.8 Å². The topological polar surface area (TPSA) is 47.6 Å². The molecule has 1 fully saturated rings. The molecule has 21 heavy (non-hydrogen) atoms. The van der Waals surface area contributed by atoms with Gasteiger partial charge in [-0.15, -0.1) is 0 Å². The summed E-state index contributed by atoms with van der Waals surface area (Å²) >= 11 is 0. The van der Waals surface area contributed by atoms with E-state index in [0.717, 1.165) is 36.3 Å². The molecule has 116 valence electrons. The highest BCUT2D eigenvalue weighted by Gasteiger charge is 2.38. The lowest BCUT2D eigenvalue weighted by Crippen LogP contribution is -2.44. The zero-order valence-electron chi connectivity index (χ0n) is 13.4. The monoisotopic (exact) mass is 291 g/mol. The SMILES string of the molecule is COc1cccc(CC2(CC(C)C)CCC(=O)N2)c1OC. The fourth-order valence-corrected chi connectivity index (χ4v) is 3.37. The fourth-order valence-electron chi connectivity index (χ4n) is 3.37. The van der Waals surface area contributed by atoms with E-state index in [-0.39, 0.29) is 11.4 Å². The molecule has 1 aromatic rings. The number of nitrogens with one attached hydrogen (secondary N) is 1. The second-order valence-corrected chi connectivity index (χ2v) is 6.26. The van der Waals surface area contributed by atoms with Gasteiger partial charge in [0.2, 0.25) is 5.91 Å². The second kappa shape index (κ2) is 6.37. The van der Waals surface area contributed by atoms with E-state index in [1.54, 1.807) is 14.2 Å². The zero-order chi connectivity index (χ0) is 15.5. The van der Waals surface area contributed by atoms with Gasteiger partial charge in [-0.3, -0.25) is 4.79 Å². The lowest BCUT2D eigenvalue weighted by molar-refractivity contribution is -0.119. The van der Waals surface area contributed by atoms with Crippen LogP contribution in [-0.2, 0) is 11.2 Å². The number of para-hydroxylation sites is 1. The highest BCUT2D eigenvalue weighted by molar-refractivity contribution is 5.79. The van der Waals surface area contributed by atoms with Crippen molar-refractivity contribution < 1.29 is 14.3 Å². The van der Waals surface area contributed by atoms with E-state index in [0.29, 0.717) is 12.3 Å². The first-order valence-corrected chi connectivity index (χ1v) is 7.50. The molecule has 1 aromatic carbocycles. The Morgan fingerprint density at radius 1 is 1.29 bits per heavy atom. The normalized spacial score (nSPS) is 21.5. The molecule has 0 spiro atoms.